The monoisotopic (exact) mass is 166 g/mol. The molecule has 0 radical (unpaired) electrons. The Hall–Kier alpha value is 0.634. The summed E-state index contributed by atoms with van der Waals surface area (Å²) in [6, 6.07) is 0. The van der Waals surface area contributed by atoms with E-state index in [0.717, 1.165) is 19.3 Å². The van der Waals surface area contributed by atoms with Gasteiger partial charge in [0.1, 0.15) is 0 Å². The molecule has 0 amide bonds. The normalized spacial score (nSPS) is 12.3. The third-order valence-electron chi connectivity index (χ3n) is 1.03. The van der Waals surface area contributed by atoms with Gasteiger partial charge in [-0.25, -0.2) is 0 Å². The maximum absolute atomic E-state index is 8.70. The number of aliphatic hydroxyl groups excluding tert-OH is 2. The number of aliphatic hydroxyl groups is 2. The smallest absolute Gasteiger partial charge is 0.0512 e. The summed E-state index contributed by atoms with van der Waals surface area (Å²) in [5, 5.41) is 17.0. The molecule has 0 saturated heterocycles. The van der Waals surface area contributed by atoms with Gasteiger partial charge in [0.15, 0.2) is 0 Å². The Morgan fingerprint density at radius 3 is 2.22 bits per heavy atom. The fourth-order valence-electron chi connectivity index (χ4n) is 0.552. The average molecular weight is 166 g/mol. The Labute approximate surface area is 71.2 Å². The van der Waals surface area contributed by atoms with Gasteiger partial charge in [0, 0.05) is 28.3 Å². The Bertz CT molecular complexity index is 48.3. The summed E-state index contributed by atoms with van der Waals surface area (Å²) >= 11 is 0. The van der Waals surface area contributed by atoms with E-state index in [2.05, 4.69) is 0 Å². The second kappa shape index (κ2) is 8.63. The van der Waals surface area contributed by atoms with Gasteiger partial charge in [-0.05, 0) is 26.2 Å². The van der Waals surface area contributed by atoms with E-state index in [1.54, 1.807) is 6.92 Å². The van der Waals surface area contributed by atoms with E-state index in [1.165, 1.54) is 0 Å². The van der Waals surface area contributed by atoms with Crippen LogP contribution in [0.4, 0.5) is 0 Å². The van der Waals surface area contributed by atoms with Gasteiger partial charge in [0.25, 0.3) is 0 Å². The van der Waals surface area contributed by atoms with Crippen LogP contribution in [0.3, 0.4) is 0 Å². The van der Waals surface area contributed by atoms with Crippen molar-refractivity contribution in [2.75, 3.05) is 6.61 Å². The van der Waals surface area contributed by atoms with E-state index in [4.69, 9.17) is 10.2 Å². The molecule has 0 aliphatic carbocycles. The summed E-state index contributed by atoms with van der Waals surface area (Å²) in [4.78, 5) is 0. The van der Waals surface area contributed by atoms with Crippen molar-refractivity contribution in [2.24, 2.45) is 0 Å². The average Bonchev–Trinajstić information content (AvgIpc) is 1.66. The fraction of sp³-hybridized carbons (Fsp3) is 1.00. The number of hydrogen-bond donors (Lipinski definition) is 2. The minimum atomic E-state index is -0.207. The van der Waals surface area contributed by atoms with Gasteiger partial charge in [-0.3, -0.25) is 0 Å². The predicted molar refractivity (Wildman–Crippen MR) is 32.6 cm³/mol. The molecule has 2 N–H and O–H groups in total. The molecular formula is C6H14O2Ti. The molecule has 0 bridgehead atoms. The maximum atomic E-state index is 8.70. The zero-order valence-corrected chi connectivity index (χ0v) is 7.36. The van der Waals surface area contributed by atoms with Crippen LogP contribution in [0.2, 0.25) is 0 Å². The van der Waals surface area contributed by atoms with Crippen molar-refractivity contribution >= 4 is 0 Å². The van der Waals surface area contributed by atoms with Crippen LogP contribution >= 0.6 is 0 Å². The van der Waals surface area contributed by atoms with E-state index in [9.17, 15) is 0 Å². The number of rotatable bonds is 4. The second-order valence-corrected chi connectivity index (χ2v) is 2.07. The van der Waals surface area contributed by atoms with E-state index < -0.39 is 0 Å². The summed E-state index contributed by atoms with van der Waals surface area (Å²) < 4.78 is 0. The van der Waals surface area contributed by atoms with Crippen molar-refractivity contribution in [2.45, 2.75) is 32.3 Å². The predicted octanol–water partition coefficient (Wildman–Crippen LogP) is 0.527. The zero-order chi connectivity index (χ0) is 6.41. The van der Waals surface area contributed by atoms with Crippen LogP contribution in [0, 0.1) is 0 Å². The van der Waals surface area contributed by atoms with Gasteiger partial charge in [0.05, 0.1) is 6.10 Å². The van der Waals surface area contributed by atoms with Crippen LogP contribution in [-0.4, -0.2) is 22.9 Å². The van der Waals surface area contributed by atoms with E-state index in [0.29, 0.717) is 0 Å². The van der Waals surface area contributed by atoms with Gasteiger partial charge in [0.2, 0.25) is 0 Å². The molecule has 2 nitrogen and oxygen atoms in total. The molecule has 0 aromatic rings. The third kappa shape index (κ3) is 12.0. The standard InChI is InChI=1S/C6H14O2.Ti/c1-6(8)4-2-3-5-7;/h6-8H,2-5H2,1H3;. The first-order valence-electron chi connectivity index (χ1n) is 3.06. The number of hydrogen-bond acceptors (Lipinski definition) is 2. The third-order valence-corrected chi connectivity index (χ3v) is 1.03. The molecule has 0 rings (SSSR count). The van der Waals surface area contributed by atoms with E-state index >= 15 is 0 Å². The van der Waals surface area contributed by atoms with Gasteiger partial charge >= 0.3 is 0 Å². The Kier molecular flexibility index (Phi) is 11.8. The summed E-state index contributed by atoms with van der Waals surface area (Å²) in [5.41, 5.74) is 0. The van der Waals surface area contributed by atoms with Crippen molar-refractivity contribution < 1.29 is 31.9 Å². The summed E-state index contributed by atoms with van der Waals surface area (Å²) in [5.74, 6) is 0. The quantitative estimate of drug-likeness (QED) is 0.472. The minimum absolute atomic E-state index is 0. The summed E-state index contributed by atoms with van der Waals surface area (Å²) in [6.07, 6.45) is 2.33. The molecular weight excluding hydrogens is 152 g/mol. The molecule has 0 aliphatic heterocycles. The summed E-state index contributed by atoms with van der Waals surface area (Å²) in [7, 11) is 0. The first-order valence-corrected chi connectivity index (χ1v) is 3.06. The van der Waals surface area contributed by atoms with Gasteiger partial charge in [-0.15, -0.1) is 0 Å². The van der Waals surface area contributed by atoms with Gasteiger partial charge < -0.3 is 10.2 Å². The van der Waals surface area contributed by atoms with Crippen LogP contribution in [0.25, 0.3) is 0 Å². The first kappa shape index (κ1) is 12.3. The Morgan fingerprint density at radius 1 is 1.33 bits per heavy atom. The van der Waals surface area contributed by atoms with Crippen molar-refractivity contribution in [1.29, 1.82) is 0 Å². The molecule has 1 atom stereocenters. The fourth-order valence-corrected chi connectivity index (χ4v) is 0.552. The van der Waals surface area contributed by atoms with Crippen LogP contribution in [-0.2, 0) is 21.7 Å². The first-order chi connectivity index (χ1) is 3.77. The maximum Gasteiger partial charge on any atom is 0.0512 e. The molecule has 54 valence electrons. The summed E-state index contributed by atoms with van der Waals surface area (Å²) in [6.45, 7) is 2.00. The molecule has 0 heterocycles. The van der Waals surface area contributed by atoms with E-state index in [-0.39, 0.29) is 34.4 Å². The molecule has 0 aliphatic rings. The Balaban J connectivity index is 0. The molecule has 0 fully saturated rings. The Morgan fingerprint density at radius 2 is 1.89 bits per heavy atom. The topological polar surface area (TPSA) is 40.5 Å². The number of unbranched alkanes of at least 4 members (excludes halogenated alkanes) is 1. The van der Waals surface area contributed by atoms with Crippen molar-refractivity contribution in [3.8, 4) is 0 Å². The van der Waals surface area contributed by atoms with Crippen molar-refractivity contribution in [1.82, 2.24) is 0 Å². The van der Waals surface area contributed by atoms with Crippen LogP contribution in [0.5, 0.6) is 0 Å². The van der Waals surface area contributed by atoms with Crippen LogP contribution in [0.1, 0.15) is 26.2 Å². The molecule has 0 aromatic carbocycles. The SMILES string of the molecule is CC(O)CCCCO.[Ti]. The molecule has 0 spiro atoms. The molecule has 9 heavy (non-hydrogen) atoms. The molecule has 0 aromatic heterocycles. The van der Waals surface area contributed by atoms with Gasteiger partial charge in [-0.1, -0.05) is 0 Å². The van der Waals surface area contributed by atoms with Crippen LogP contribution in [0.15, 0.2) is 0 Å². The van der Waals surface area contributed by atoms with Gasteiger partial charge in [-0.2, -0.15) is 0 Å². The molecule has 0 saturated carbocycles. The van der Waals surface area contributed by atoms with Crippen molar-refractivity contribution in [3.63, 3.8) is 0 Å². The second-order valence-electron chi connectivity index (χ2n) is 2.07. The zero-order valence-electron chi connectivity index (χ0n) is 5.80. The van der Waals surface area contributed by atoms with Crippen LogP contribution < -0.4 is 0 Å². The van der Waals surface area contributed by atoms with Crippen molar-refractivity contribution in [3.05, 3.63) is 0 Å². The molecule has 1 unspecified atom stereocenters. The largest absolute Gasteiger partial charge is 0.396 e. The molecule has 3 heteroatoms. The van der Waals surface area contributed by atoms with E-state index in [1.807, 2.05) is 0 Å². The minimum Gasteiger partial charge on any atom is -0.396 e.